The van der Waals surface area contributed by atoms with Crippen LogP contribution in [0.4, 0.5) is 0 Å². The summed E-state index contributed by atoms with van der Waals surface area (Å²) in [5, 5.41) is 3.17. The molecule has 0 aromatic rings. The highest BCUT2D eigenvalue weighted by Crippen LogP contribution is 2.18. The molecule has 12 heavy (non-hydrogen) atoms. The van der Waals surface area contributed by atoms with Gasteiger partial charge in [-0.25, -0.2) is 0 Å². The predicted molar refractivity (Wildman–Crippen MR) is 45.6 cm³/mol. The van der Waals surface area contributed by atoms with Gasteiger partial charge in [-0.3, -0.25) is 10.1 Å². The fourth-order valence-corrected chi connectivity index (χ4v) is 1.46. The zero-order valence-electron chi connectivity index (χ0n) is 7.81. The molecule has 0 saturated carbocycles. The highest BCUT2D eigenvalue weighted by Gasteiger charge is 2.40. The maximum atomic E-state index is 11.0. The molecule has 1 rings (SSSR count). The molecule has 0 spiro atoms. The van der Waals surface area contributed by atoms with Gasteiger partial charge < -0.3 is 10.5 Å². The summed E-state index contributed by atoms with van der Waals surface area (Å²) in [6, 6.07) is 0. The number of nitrogens with two attached hydrogens (primary N) is 1. The SMILES string of the molecule is CC1(C)COCC(C)(C(N)=O)N1. The minimum atomic E-state index is -0.720. The van der Waals surface area contributed by atoms with Crippen molar-refractivity contribution in [1.29, 1.82) is 0 Å². The number of rotatable bonds is 1. The number of primary amides is 1. The summed E-state index contributed by atoms with van der Waals surface area (Å²) in [6.07, 6.45) is 0. The minimum absolute atomic E-state index is 0.179. The van der Waals surface area contributed by atoms with Crippen LogP contribution in [-0.4, -0.2) is 30.2 Å². The summed E-state index contributed by atoms with van der Waals surface area (Å²) in [5.74, 6) is -0.365. The standard InChI is InChI=1S/C8H16N2O2/c1-7(2)4-12-5-8(3,10-7)6(9)11/h10H,4-5H2,1-3H3,(H2,9,11). The first-order valence-corrected chi connectivity index (χ1v) is 4.03. The third-order valence-electron chi connectivity index (χ3n) is 2.01. The van der Waals surface area contributed by atoms with Crippen LogP contribution in [0.5, 0.6) is 0 Å². The summed E-state index contributed by atoms with van der Waals surface area (Å²) in [5.41, 5.74) is 4.34. The highest BCUT2D eigenvalue weighted by atomic mass is 16.5. The Hall–Kier alpha value is -0.610. The fourth-order valence-electron chi connectivity index (χ4n) is 1.46. The summed E-state index contributed by atoms with van der Waals surface area (Å²) < 4.78 is 5.30. The molecule has 1 heterocycles. The van der Waals surface area contributed by atoms with Gasteiger partial charge in [-0.05, 0) is 20.8 Å². The topological polar surface area (TPSA) is 64.3 Å². The van der Waals surface area contributed by atoms with Crippen molar-refractivity contribution < 1.29 is 9.53 Å². The predicted octanol–water partition coefficient (Wildman–Crippen LogP) is -0.371. The van der Waals surface area contributed by atoms with Gasteiger partial charge in [0.1, 0.15) is 5.54 Å². The van der Waals surface area contributed by atoms with Crippen molar-refractivity contribution in [3.63, 3.8) is 0 Å². The number of hydrogen-bond donors (Lipinski definition) is 2. The van der Waals surface area contributed by atoms with E-state index in [0.717, 1.165) is 0 Å². The van der Waals surface area contributed by atoms with Gasteiger partial charge in [0.05, 0.1) is 13.2 Å². The fraction of sp³-hybridized carbons (Fsp3) is 0.875. The van der Waals surface area contributed by atoms with Gasteiger partial charge >= 0.3 is 0 Å². The number of ether oxygens (including phenoxy) is 1. The molecule has 0 radical (unpaired) electrons. The van der Waals surface area contributed by atoms with Gasteiger partial charge in [0.2, 0.25) is 5.91 Å². The van der Waals surface area contributed by atoms with E-state index in [0.29, 0.717) is 13.2 Å². The lowest BCUT2D eigenvalue weighted by atomic mass is 9.94. The van der Waals surface area contributed by atoms with Crippen LogP contribution in [0.3, 0.4) is 0 Å². The third kappa shape index (κ3) is 1.76. The van der Waals surface area contributed by atoms with Crippen molar-refractivity contribution in [2.45, 2.75) is 31.8 Å². The van der Waals surface area contributed by atoms with Gasteiger partial charge in [-0.15, -0.1) is 0 Å². The van der Waals surface area contributed by atoms with Gasteiger partial charge in [0.25, 0.3) is 0 Å². The molecule has 0 bridgehead atoms. The molecule has 1 atom stereocenters. The Labute approximate surface area is 72.5 Å². The van der Waals surface area contributed by atoms with E-state index in [1.165, 1.54) is 0 Å². The van der Waals surface area contributed by atoms with Gasteiger partial charge in [-0.2, -0.15) is 0 Å². The normalized spacial score (nSPS) is 34.6. The molecular formula is C8H16N2O2. The van der Waals surface area contributed by atoms with Gasteiger partial charge in [0, 0.05) is 5.54 Å². The summed E-state index contributed by atoms with van der Waals surface area (Å²) >= 11 is 0. The maximum absolute atomic E-state index is 11.0. The summed E-state index contributed by atoms with van der Waals surface area (Å²) in [7, 11) is 0. The molecule has 70 valence electrons. The zero-order valence-corrected chi connectivity index (χ0v) is 7.81. The van der Waals surface area contributed by atoms with Crippen molar-refractivity contribution in [2.75, 3.05) is 13.2 Å². The van der Waals surface area contributed by atoms with Crippen LogP contribution in [-0.2, 0) is 9.53 Å². The largest absolute Gasteiger partial charge is 0.377 e. The van der Waals surface area contributed by atoms with Crippen LogP contribution in [0.15, 0.2) is 0 Å². The smallest absolute Gasteiger partial charge is 0.239 e. The van der Waals surface area contributed by atoms with Crippen molar-refractivity contribution in [2.24, 2.45) is 5.73 Å². The quantitative estimate of drug-likeness (QED) is 0.567. The molecular weight excluding hydrogens is 156 g/mol. The van der Waals surface area contributed by atoms with Crippen molar-refractivity contribution in [1.82, 2.24) is 5.32 Å². The van der Waals surface area contributed by atoms with Gasteiger partial charge in [0.15, 0.2) is 0 Å². The first-order valence-electron chi connectivity index (χ1n) is 4.03. The molecule has 1 amide bonds. The summed E-state index contributed by atoms with van der Waals surface area (Å²) in [6.45, 7) is 6.68. The Balaban J connectivity index is 2.74. The molecule has 1 aliphatic heterocycles. The molecule has 0 aliphatic carbocycles. The molecule has 3 N–H and O–H groups in total. The lowest BCUT2D eigenvalue weighted by Gasteiger charge is -2.42. The van der Waals surface area contributed by atoms with E-state index in [9.17, 15) is 4.79 Å². The average molecular weight is 172 g/mol. The second-order valence-corrected chi connectivity index (χ2v) is 4.20. The highest BCUT2D eigenvalue weighted by molar-refractivity contribution is 5.84. The van der Waals surface area contributed by atoms with Crippen LogP contribution >= 0.6 is 0 Å². The molecule has 4 nitrogen and oxygen atoms in total. The first kappa shape index (κ1) is 9.48. The number of carbonyl (C=O) groups excluding carboxylic acids is 1. The van der Waals surface area contributed by atoms with E-state index in [2.05, 4.69) is 5.32 Å². The second-order valence-electron chi connectivity index (χ2n) is 4.20. The zero-order chi connectivity index (χ0) is 9.41. The van der Waals surface area contributed by atoms with E-state index >= 15 is 0 Å². The van der Waals surface area contributed by atoms with Crippen LogP contribution in [0.25, 0.3) is 0 Å². The maximum Gasteiger partial charge on any atom is 0.239 e. The lowest BCUT2D eigenvalue weighted by Crippen LogP contribution is -2.67. The van der Waals surface area contributed by atoms with Crippen LogP contribution < -0.4 is 11.1 Å². The first-order chi connectivity index (χ1) is 5.36. The number of morpholine rings is 1. The number of nitrogens with one attached hydrogen (secondary N) is 1. The van der Waals surface area contributed by atoms with E-state index in [1.807, 2.05) is 13.8 Å². The van der Waals surface area contributed by atoms with Crippen molar-refractivity contribution >= 4 is 5.91 Å². The number of carbonyl (C=O) groups is 1. The van der Waals surface area contributed by atoms with Crippen molar-refractivity contribution in [3.05, 3.63) is 0 Å². The molecule has 4 heteroatoms. The van der Waals surface area contributed by atoms with Crippen molar-refractivity contribution in [3.8, 4) is 0 Å². The Morgan fingerprint density at radius 1 is 1.42 bits per heavy atom. The third-order valence-corrected chi connectivity index (χ3v) is 2.01. The Kier molecular flexibility index (Phi) is 2.14. The van der Waals surface area contributed by atoms with Crippen LogP contribution in [0.2, 0.25) is 0 Å². The second kappa shape index (κ2) is 2.71. The molecule has 0 aromatic heterocycles. The minimum Gasteiger partial charge on any atom is -0.377 e. The number of amides is 1. The molecule has 1 fully saturated rings. The molecule has 1 unspecified atom stereocenters. The monoisotopic (exact) mass is 172 g/mol. The Morgan fingerprint density at radius 2 is 2.00 bits per heavy atom. The van der Waals surface area contributed by atoms with Gasteiger partial charge in [-0.1, -0.05) is 0 Å². The molecule has 1 aliphatic rings. The lowest BCUT2D eigenvalue weighted by molar-refractivity contribution is -0.132. The average Bonchev–Trinajstić information content (AvgIpc) is 1.83. The van der Waals surface area contributed by atoms with Crippen LogP contribution in [0.1, 0.15) is 20.8 Å². The van der Waals surface area contributed by atoms with E-state index in [1.54, 1.807) is 6.92 Å². The van der Waals surface area contributed by atoms with E-state index in [-0.39, 0.29) is 11.4 Å². The summed E-state index contributed by atoms with van der Waals surface area (Å²) in [4.78, 5) is 11.0. The number of hydrogen-bond acceptors (Lipinski definition) is 3. The van der Waals surface area contributed by atoms with E-state index < -0.39 is 5.54 Å². The van der Waals surface area contributed by atoms with E-state index in [4.69, 9.17) is 10.5 Å². The molecule has 1 saturated heterocycles. The Bertz CT molecular complexity index is 203. The Morgan fingerprint density at radius 3 is 2.33 bits per heavy atom. The molecule has 0 aromatic carbocycles. The van der Waals surface area contributed by atoms with Crippen LogP contribution in [0, 0.1) is 0 Å².